The fraction of sp³-hybridized carbons (Fsp3) is 0.381. The van der Waals surface area contributed by atoms with Gasteiger partial charge in [-0.1, -0.05) is 0 Å². The van der Waals surface area contributed by atoms with Crippen molar-refractivity contribution in [1.82, 2.24) is 4.31 Å². The third-order valence-corrected chi connectivity index (χ3v) is 6.92. The van der Waals surface area contributed by atoms with Crippen LogP contribution in [-0.2, 0) is 19.6 Å². The molecule has 0 spiro atoms. The molecule has 1 heterocycles. The van der Waals surface area contributed by atoms with Gasteiger partial charge in [0, 0.05) is 43.0 Å². The van der Waals surface area contributed by atoms with E-state index in [0.29, 0.717) is 17.2 Å². The van der Waals surface area contributed by atoms with Gasteiger partial charge >= 0.3 is 5.69 Å². The molecule has 3 rings (SSSR count). The van der Waals surface area contributed by atoms with Crippen LogP contribution in [0.3, 0.4) is 0 Å². The van der Waals surface area contributed by atoms with E-state index in [4.69, 9.17) is 18.9 Å². The van der Waals surface area contributed by atoms with Gasteiger partial charge in [-0.15, -0.1) is 0 Å². The number of hydrogen-bond acceptors (Lipinski definition) is 9. The summed E-state index contributed by atoms with van der Waals surface area (Å²) in [6.07, 6.45) is -1.14. The minimum Gasteiger partial charge on any atom is -0.497 e. The molecule has 1 aliphatic heterocycles. The van der Waals surface area contributed by atoms with Gasteiger partial charge in [0.15, 0.2) is 11.9 Å². The Bertz CT molecular complexity index is 1140. The zero-order chi connectivity index (χ0) is 24.9. The number of carbonyl (C=O) groups is 1. The Morgan fingerprint density at radius 1 is 1.12 bits per heavy atom. The smallest absolute Gasteiger partial charge is 0.312 e. The summed E-state index contributed by atoms with van der Waals surface area (Å²) in [5.41, 5.74) is -0.199. The number of methoxy groups -OCH3 is 2. The first-order chi connectivity index (χ1) is 16.1. The predicted molar refractivity (Wildman–Crippen MR) is 121 cm³/mol. The van der Waals surface area contributed by atoms with Crippen LogP contribution in [0.2, 0.25) is 0 Å². The molecule has 0 aromatic heterocycles. The quantitative estimate of drug-likeness (QED) is 0.408. The van der Waals surface area contributed by atoms with Crippen molar-refractivity contribution >= 4 is 27.3 Å². The van der Waals surface area contributed by atoms with E-state index < -0.39 is 32.6 Å². The molecule has 1 amide bonds. The van der Waals surface area contributed by atoms with E-state index in [1.165, 1.54) is 37.6 Å². The molecule has 184 valence electrons. The van der Waals surface area contributed by atoms with Gasteiger partial charge < -0.3 is 24.3 Å². The van der Waals surface area contributed by atoms with Crippen LogP contribution in [0.5, 0.6) is 17.2 Å². The van der Waals surface area contributed by atoms with E-state index in [0.717, 1.165) is 6.07 Å². The van der Waals surface area contributed by atoms with Crippen LogP contribution in [0.1, 0.15) is 6.92 Å². The summed E-state index contributed by atoms with van der Waals surface area (Å²) in [5.74, 6) is 0.0817. The van der Waals surface area contributed by atoms with E-state index in [1.807, 2.05) is 0 Å². The van der Waals surface area contributed by atoms with Gasteiger partial charge in [0.05, 0.1) is 37.3 Å². The van der Waals surface area contributed by atoms with Crippen LogP contribution in [0.25, 0.3) is 0 Å². The Morgan fingerprint density at radius 2 is 1.74 bits per heavy atom. The zero-order valence-corrected chi connectivity index (χ0v) is 19.7. The summed E-state index contributed by atoms with van der Waals surface area (Å²) >= 11 is 0. The molecule has 1 aliphatic rings. The number of nitro groups is 1. The van der Waals surface area contributed by atoms with Gasteiger partial charge in [0.1, 0.15) is 11.5 Å². The van der Waals surface area contributed by atoms with Crippen molar-refractivity contribution in [3.05, 3.63) is 46.5 Å². The van der Waals surface area contributed by atoms with Gasteiger partial charge in [0.25, 0.3) is 5.91 Å². The number of benzene rings is 2. The SMILES string of the molecule is COc1cc(NC(=O)C(C)Oc2ccc(S(=O)(=O)N3CCOCC3)cc2[N+](=O)[O-])cc(OC)c1. The first-order valence-electron chi connectivity index (χ1n) is 10.2. The Hall–Kier alpha value is -3.42. The number of ether oxygens (including phenoxy) is 4. The molecule has 34 heavy (non-hydrogen) atoms. The number of morpholine rings is 1. The molecule has 2 aromatic carbocycles. The molecule has 0 bridgehead atoms. The van der Waals surface area contributed by atoms with E-state index in [1.54, 1.807) is 18.2 Å². The molecular weight excluding hydrogens is 470 g/mol. The Balaban J connectivity index is 1.79. The van der Waals surface area contributed by atoms with Crippen molar-refractivity contribution in [1.29, 1.82) is 0 Å². The van der Waals surface area contributed by atoms with Crippen LogP contribution < -0.4 is 19.5 Å². The molecular formula is C21H25N3O9S. The molecule has 1 fully saturated rings. The third-order valence-electron chi connectivity index (χ3n) is 5.03. The summed E-state index contributed by atoms with van der Waals surface area (Å²) in [5, 5.41) is 14.3. The minimum absolute atomic E-state index is 0.153. The number of nitro benzene ring substituents is 1. The second-order valence-corrected chi connectivity index (χ2v) is 9.19. The Kier molecular flexibility index (Phi) is 7.91. The maximum Gasteiger partial charge on any atom is 0.312 e. The molecule has 1 unspecified atom stereocenters. The molecule has 1 saturated heterocycles. The molecule has 13 heteroatoms. The summed E-state index contributed by atoms with van der Waals surface area (Å²) in [4.78, 5) is 23.3. The van der Waals surface area contributed by atoms with Gasteiger partial charge in [-0.2, -0.15) is 4.31 Å². The van der Waals surface area contributed by atoms with Crippen LogP contribution in [0, 0.1) is 10.1 Å². The van der Waals surface area contributed by atoms with Crippen LogP contribution in [0.4, 0.5) is 11.4 Å². The molecule has 2 aromatic rings. The van der Waals surface area contributed by atoms with Crippen molar-refractivity contribution in [2.75, 3.05) is 45.8 Å². The maximum atomic E-state index is 12.8. The summed E-state index contributed by atoms with van der Waals surface area (Å²) in [6.45, 7) is 2.21. The Labute approximate surface area is 196 Å². The highest BCUT2D eigenvalue weighted by atomic mass is 32.2. The van der Waals surface area contributed by atoms with E-state index in [9.17, 15) is 23.3 Å². The standard InChI is InChI=1S/C21H25N3O9S/c1-14(21(25)22-15-10-16(30-2)12-17(11-15)31-3)33-20-5-4-18(13-19(20)24(26)27)34(28,29)23-6-8-32-9-7-23/h4-5,10-14H,6-9H2,1-3H3,(H,22,25). The number of sulfonamides is 1. The highest BCUT2D eigenvalue weighted by Crippen LogP contribution is 2.32. The van der Waals surface area contributed by atoms with E-state index in [2.05, 4.69) is 5.32 Å². The minimum atomic E-state index is -3.94. The van der Waals surface area contributed by atoms with Gasteiger partial charge in [-0.25, -0.2) is 8.42 Å². The fourth-order valence-corrected chi connectivity index (χ4v) is 4.63. The number of anilines is 1. The van der Waals surface area contributed by atoms with Crippen LogP contribution in [0.15, 0.2) is 41.3 Å². The topological polar surface area (TPSA) is 147 Å². The van der Waals surface area contributed by atoms with Gasteiger partial charge in [-0.3, -0.25) is 14.9 Å². The average molecular weight is 496 g/mol. The number of nitrogens with zero attached hydrogens (tertiary/aromatic N) is 2. The van der Waals surface area contributed by atoms with Crippen molar-refractivity contribution in [2.24, 2.45) is 0 Å². The monoisotopic (exact) mass is 495 g/mol. The predicted octanol–water partition coefficient (Wildman–Crippen LogP) is 2.04. The summed E-state index contributed by atoms with van der Waals surface area (Å²) < 4.78 is 47.9. The van der Waals surface area contributed by atoms with Gasteiger partial charge in [0.2, 0.25) is 10.0 Å². The molecule has 0 radical (unpaired) electrons. The number of hydrogen-bond donors (Lipinski definition) is 1. The molecule has 0 aliphatic carbocycles. The first-order valence-corrected chi connectivity index (χ1v) is 11.7. The Morgan fingerprint density at radius 3 is 2.29 bits per heavy atom. The zero-order valence-electron chi connectivity index (χ0n) is 18.8. The second-order valence-electron chi connectivity index (χ2n) is 7.25. The number of amides is 1. The molecule has 1 N–H and O–H groups in total. The molecule has 0 saturated carbocycles. The van der Waals surface area contributed by atoms with Gasteiger partial charge in [-0.05, 0) is 19.1 Å². The van der Waals surface area contributed by atoms with Crippen molar-refractivity contribution in [3.8, 4) is 17.2 Å². The van der Waals surface area contributed by atoms with Crippen molar-refractivity contribution in [2.45, 2.75) is 17.9 Å². The maximum absolute atomic E-state index is 12.8. The fourth-order valence-electron chi connectivity index (χ4n) is 3.20. The van der Waals surface area contributed by atoms with E-state index in [-0.39, 0.29) is 36.9 Å². The largest absolute Gasteiger partial charge is 0.497 e. The van der Waals surface area contributed by atoms with Crippen LogP contribution >= 0.6 is 0 Å². The molecule has 1 atom stereocenters. The average Bonchev–Trinajstić information content (AvgIpc) is 2.84. The lowest BCUT2D eigenvalue weighted by molar-refractivity contribution is -0.386. The highest BCUT2D eigenvalue weighted by molar-refractivity contribution is 7.89. The van der Waals surface area contributed by atoms with Crippen molar-refractivity contribution in [3.63, 3.8) is 0 Å². The number of rotatable bonds is 9. The molecule has 12 nitrogen and oxygen atoms in total. The summed E-state index contributed by atoms with van der Waals surface area (Å²) in [7, 11) is -1.01. The lowest BCUT2D eigenvalue weighted by Gasteiger charge is -2.26. The third kappa shape index (κ3) is 5.73. The second kappa shape index (κ2) is 10.7. The lowest BCUT2D eigenvalue weighted by atomic mass is 10.2. The van der Waals surface area contributed by atoms with Crippen LogP contribution in [-0.4, -0.2) is 70.2 Å². The summed E-state index contributed by atoms with van der Waals surface area (Å²) in [6, 6.07) is 8.08. The van der Waals surface area contributed by atoms with E-state index >= 15 is 0 Å². The highest BCUT2D eigenvalue weighted by Gasteiger charge is 2.30. The lowest BCUT2D eigenvalue weighted by Crippen LogP contribution is -2.40. The number of nitrogens with one attached hydrogen (secondary N) is 1. The first kappa shape index (κ1) is 25.2. The van der Waals surface area contributed by atoms with Crippen molar-refractivity contribution < 1.29 is 37.1 Å². The number of carbonyl (C=O) groups excluding carboxylic acids is 1. The normalized spacial score (nSPS) is 15.3.